The fourth-order valence-corrected chi connectivity index (χ4v) is 11.8. The number of benzene rings is 3. The number of aryl methyl sites for hydroxylation is 1. The monoisotopic (exact) mass is 1050 g/mol. The number of anilines is 6. The van der Waals surface area contributed by atoms with Crippen LogP contribution >= 0.6 is 23.5 Å². The fourth-order valence-electron chi connectivity index (χ4n) is 10.1. The van der Waals surface area contributed by atoms with Crippen LogP contribution in [0.5, 0.6) is 5.75 Å². The number of imide groups is 1. The number of nitrogens with zero attached hydrogens (tertiary/aromatic N) is 10. The van der Waals surface area contributed by atoms with Crippen LogP contribution in [-0.2, 0) is 36.8 Å². The van der Waals surface area contributed by atoms with Crippen molar-refractivity contribution in [2.24, 2.45) is 13.0 Å². The molecule has 1 atom stereocenters. The van der Waals surface area contributed by atoms with Crippen molar-refractivity contribution in [3.8, 4) is 16.9 Å². The molecule has 6 aromatic rings. The SMILES string of the molecule is COc1cc(N2CCN(CCC3CCN(c4ccc5c(c4)CN(C4CCC(=O)NC4=O)C5=O)CC3)CC2)c(-c2cnn(C)c2)cc1Nc1ncc(Br)c(Nc2ccc3nccnc3c2P(=O)(OC)OC)n1. The van der Waals surface area contributed by atoms with Gasteiger partial charge in [0, 0.05) is 132 Å². The molecule has 0 saturated carbocycles. The number of piperazine rings is 1. The predicted octanol–water partition coefficient (Wildman–Crippen LogP) is 6.38. The molecule has 0 spiro atoms. The average Bonchev–Trinajstić information content (AvgIpc) is 3.98. The summed E-state index contributed by atoms with van der Waals surface area (Å²) in [7, 11) is 2.38. The van der Waals surface area contributed by atoms with Crippen molar-refractivity contribution in [2.75, 3.05) is 87.6 Å². The van der Waals surface area contributed by atoms with Crippen molar-refractivity contribution in [1.82, 2.24) is 44.8 Å². The number of hydrogen-bond acceptors (Lipinski definition) is 17. The number of hydrogen-bond donors (Lipinski definition) is 3. The van der Waals surface area contributed by atoms with Gasteiger partial charge in [0.25, 0.3) is 5.91 Å². The number of methoxy groups -OCH3 is 1. The molecule has 10 rings (SSSR count). The van der Waals surface area contributed by atoms with E-state index in [9.17, 15) is 18.9 Å². The Morgan fingerprint density at radius 3 is 2.37 bits per heavy atom. The van der Waals surface area contributed by atoms with Crippen molar-refractivity contribution < 1.29 is 32.7 Å². The Morgan fingerprint density at radius 2 is 1.63 bits per heavy atom. The minimum atomic E-state index is -3.82. The lowest BCUT2D eigenvalue weighted by Crippen LogP contribution is -2.52. The Kier molecular flexibility index (Phi) is 13.8. The minimum Gasteiger partial charge on any atom is -0.494 e. The summed E-state index contributed by atoms with van der Waals surface area (Å²) in [6, 6.07) is 13.0. The van der Waals surface area contributed by atoms with E-state index >= 15 is 0 Å². The summed E-state index contributed by atoms with van der Waals surface area (Å²) < 4.78 is 33.1. The van der Waals surface area contributed by atoms with Crippen LogP contribution in [0.15, 0.2) is 77.9 Å². The van der Waals surface area contributed by atoms with Crippen molar-refractivity contribution in [1.29, 1.82) is 0 Å². The average molecular weight is 1050 g/mol. The number of carbonyl (C=O) groups is 3. The van der Waals surface area contributed by atoms with E-state index in [-0.39, 0.29) is 29.5 Å². The molecule has 3 fully saturated rings. The molecule has 3 amide bonds. The number of piperidine rings is 2. The first-order valence-corrected chi connectivity index (χ1v) is 26.0. The van der Waals surface area contributed by atoms with Gasteiger partial charge in [0.15, 0.2) is 0 Å². The standard InChI is InChI=1S/C49H55BrN13O7P/c1-59-28-32(26-54-59)35-24-39(56-49-53-27-36(50)46(58-49)55-38-8-7-37-44(52-15-14-51-37)45(38)71(67,69-3)70-4)42(68-2)25-41(35)62-21-19-60(20-22-62)16-11-30-12-17-61(18-13-30)33-5-6-34-31(23-33)29-63(48(34)66)40-9-10-43(64)57-47(40)65/h5-8,14-15,23-28,30,40H,9-13,16-22,29H2,1-4H3,(H,57,64,65)(H2,53,55,56,58). The van der Waals surface area contributed by atoms with Gasteiger partial charge >= 0.3 is 7.60 Å². The fraction of sp³-hybridized carbons (Fsp3) is 0.388. The summed E-state index contributed by atoms with van der Waals surface area (Å²) in [6.45, 7) is 6.86. The molecule has 0 radical (unpaired) electrons. The quantitative estimate of drug-likeness (QED) is 0.0752. The molecule has 4 aliphatic heterocycles. The second kappa shape index (κ2) is 20.3. The number of amides is 3. The Hall–Kier alpha value is -6.51. The molecule has 3 saturated heterocycles. The van der Waals surface area contributed by atoms with Crippen LogP contribution in [0.1, 0.15) is 48.0 Å². The third-order valence-corrected chi connectivity index (χ3v) is 16.5. The molecule has 3 aromatic heterocycles. The largest absolute Gasteiger partial charge is 0.494 e. The zero-order chi connectivity index (χ0) is 49.4. The van der Waals surface area contributed by atoms with E-state index in [0.29, 0.717) is 62.9 Å². The first-order chi connectivity index (χ1) is 34.4. The van der Waals surface area contributed by atoms with E-state index in [1.54, 1.807) is 41.2 Å². The minimum absolute atomic E-state index is 0.144. The molecule has 1 unspecified atom stereocenters. The van der Waals surface area contributed by atoms with Crippen LogP contribution < -0.4 is 35.8 Å². The van der Waals surface area contributed by atoms with Gasteiger partial charge in [-0.2, -0.15) is 10.1 Å². The smallest absolute Gasteiger partial charge is 0.365 e. The zero-order valence-corrected chi connectivity index (χ0v) is 42.4. The van der Waals surface area contributed by atoms with E-state index in [1.807, 2.05) is 31.6 Å². The van der Waals surface area contributed by atoms with Gasteiger partial charge in [-0.15, -0.1) is 0 Å². The van der Waals surface area contributed by atoms with Crippen molar-refractivity contribution >= 4 is 92.1 Å². The topological polar surface area (TPSA) is 214 Å². The van der Waals surface area contributed by atoms with Crippen molar-refractivity contribution in [2.45, 2.75) is 44.7 Å². The highest BCUT2D eigenvalue weighted by molar-refractivity contribution is 9.10. The molecule has 71 heavy (non-hydrogen) atoms. The Balaban J connectivity index is 0.782. The van der Waals surface area contributed by atoms with Gasteiger partial charge in [0.1, 0.15) is 28.4 Å². The zero-order valence-electron chi connectivity index (χ0n) is 39.9. The second-order valence-electron chi connectivity index (χ2n) is 18.2. The van der Waals surface area contributed by atoms with E-state index in [2.05, 4.69) is 84.8 Å². The molecule has 22 heteroatoms. The molecule has 0 bridgehead atoms. The predicted molar refractivity (Wildman–Crippen MR) is 273 cm³/mol. The summed E-state index contributed by atoms with van der Waals surface area (Å²) in [4.78, 5) is 64.7. The summed E-state index contributed by atoms with van der Waals surface area (Å²) in [5, 5.41) is 13.8. The lowest BCUT2D eigenvalue weighted by atomic mass is 9.92. The molecule has 4 aliphatic rings. The van der Waals surface area contributed by atoms with Crippen LogP contribution in [0.25, 0.3) is 22.2 Å². The lowest BCUT2D eigenvalue weighted by Gasteiger charge is -2.39. The third-order valence-electron chi connectivity index (χ3n) is 14.0. The molecular formula is C49H55BrN13O7P. The third kappa shape index (κ3) is 9.80. The van der Waals surface area contributed by atoms with Crippen LogP contribution in [0.4, 0.5) is 34.5 Å². The van der Waals surface area contributed by atoms with Crippen LogP contribution in [0.2, 0.25) is 0 Å². The normalized spacial score (nSPS) is 18.0. The maximum atomic E-state index is 13.9. The lowest BCUT2D eigenvalue weighted by molar-refractivity contribution is -0.136. The maximum absolute atomic E-state index is 13.9. The Morgan fingerprint density at radius 1 is 0.845 bits per heavy atom. The molecular weight excluding hydrogens is 994 g/mol. The number of halogens is 1. The number of fused-ring (bicyclic) bond motifs is 2. The van der Waals surface area contributed by atoms with Crippen LogP contribution in [0.3, 0.4) is 0 Å². The van der Waals surface area contributed by atoms with Crippen LogP contribution in [0, 0.1) is 5.92 Å². The van der Waals surface area contributed by atoms with Gasteiger partial charge < -0.3 is 39.1 Å². The summed E-state index contributed by atoms with van der Waals surface area (Å²) in [5.74, 6) is 1.08. The van der Waals surface area contributed by atoms with Gasteiger partial charge in [0.05, 0.1) is 34.7 Å². The highest BCUT2D eigenvalue weighted by atomic mass is 79.9. The number of nitrogens with one attached hydrogen (secondary N) is 3. The number of ether oxygens (including phenoxy) is 1. The molecule has 0 aliphatic carbocycles. The van der Waals surface area contributed by atoms with E-state index < -0.39 is 19.5 Å². The number of rotatable bonds is 15. The first kappa shape index (κ1) is 48.1. The summed E-state index contributed by atoms with van der Waals surface area (Å²) >= 11 is 3.58. The van der Waals surface area contributed by atoms with Gasteiger partial charge in [0.2, 0.25) is 17.8 Å². The van der Waals surface area contributed by atoms with Gasteiger partial charge in [-0.05, 0) is 96.0 Å². The molecule has 20 nitrogen and oxygen atoms in total. The van der Waals surface area contributed by atoms with E-state index in [1.165, 1.54) is 20.4 Å². The second-order valence-corrected chi connectivity index (χ2v) is 21.2. The van der Waals surface area contributed by atoms with E-state index in [0.717, 1.165) is 93.1 Å². The number of carbonyl (C=O) groups excluding carboxylic acids is 3. The highest BCUT2D eigenvalue weighted by Crippen LogP contribution is 2.49. The highest BCUT2D eigenvalue weighted by Gasteiger charge is 2.39. The Labute approximate surface area is 419 Å². The number of aromatic nitrogens is 6. The molecule has 7 heterocycles. The maximum Gasteiger partial charge on any atom is 0.365 e. The summed E-state index contributed by atoms with van der Waals surface area (Å²) in [6.07, 6.45) is 12.5. The Bertz CT molecular complexity index is 3060. The van der Waals surface area contributed by atoms with Gasteiger partial charge in [-0.3, -0.25) is 43.8 Å². The summed E-state index contributed by atoms with van der Waals surface area (Å²) in [5.41, 5.74) is 7.62. The van der Waals surface area contributed by atoms with Crippen molar-refractivity contribution in [3.05, 3.63) is 89.0 Å². The van der Waals surface area contributed by atoms with Gasteiger partial charge in [-0.1, -0.05) is 0 Å². The van der Waals surface area contributed by atoms with Gasteiger partial charge in [-0.25, -0.2) is 4.98 Å². The molecule has 370 valence electrons. The molecule has 3 aromatic carbocycles. The first-order valence-electron chi connectivity index (χ1n) is 23.6. The van der Waals surface area contributed by atoms with E-state index in [4.69, 9.17) is 18.8 Å². The van der Waals surface area contributed by atoms with Crippen LogP contribution in [-0.4, -0.2) is 130 Å². The molecule has 3 N–H and O–H groups in total. The van der Waals surface area contributed by atoms with Crippen molar-refractivity contribution in [3.63, 3.8) is 0 Å².